The summed E-state index contributed by atoms with van der Waals surface area (Å²) in [5.74, 6) is 1.55. The SMILES string of the molecule is COc1cc(-c2nc3occn3c2-c2ccnc(NCCN3CCCCS3(=O)=O)n2)ccc1Cl. The Hall–Kier alpha value is -3.15. The fraction of sp³-hybridized carbons (Fsp3) is 0.318. The lowest BCUT2D eigenvalue weighted by atomic mass is 10.1. The Kier molecular flexibility index (Phi) is 6.15. The number of hydrogen-bond acceptors (Lipinski definition) is 8. The maximum absolute atomic E-state index is 12.2. The molecular weight excluding hydrogens is 480 g/mol. The van der Waals surface area contributed by atoms with Gasteiger partial charge in [-0.3, -0.25) is 4.40 Å². The topological polar surface area (TPSA) is 115 Å². The molecule has 1 aliphatic heterocycles. The minimum Gasteiger partial charge on any atom is -0.495 e. The highest BCUT2D eigenvalue weighted by Gasteiger charge is 2.25. The lowest BCUT2D eigenvalue weighted by molar-refractivity contribution is 0.393. The molecule has 1 fully saturated rings. The zero-order chi connectivity index (χ0) is 23.7. The van der Waals surface area contributed by atoms with E-state index in [9.17, 15) is 8.42 Å². The number of anilines is 1. The Morgan fingerprint density at radius 1 is 1.24 bits per heavy atom. The molecule has 34 heavy (non-hydrogen) atoms. The number of fused-ring (bicyclic) bond motifs is 1. The average Bonchev–Trinajstić information content (AvgIpc) is 3.42. The number of imidazole rings is 1. The molecule has 0 aliphatic carbocycles. The monoisotopic (exact) mass is 502 g/mol. The minimum absolute atomic E-state index is 0.207. The standard InChI is InChI=1S/C22H23ClN6O4S/c1-32-18-14-15(4-5-16(18)23)19-20(29-11-12-33-22(29)27-19)17-6-7-24-21(26-17)25-8-10-28-9-2-3-13-34(28,30)31/h4-7,11-12,14H,2-3,8-10,13H2,1H3,(H,24,25,26). The van der Waals surface area contributed by atoms with Crippen molar-refractivity contribution < 1.29 is 17.6 Å². The van der Waals surface area contributed by atoms with Gasteiger partial charge in [-0.2, -0.15) is 4.98 Å². The number of halogens is 1. The number of nitrogens with zero attached hydrogens (tertiary/aromatic N) is 5. The molecule has 0 radical (unpaired) electrons. The molecule has 0 unspecified atom stereocenters. The summed E-state index contributed by atoms with van der Waals surface area (Å²) in [6, 6.07) is 7.21. The van der Waals surface area contributed by atoms with Crippen LogP contribution in [-0.4, -0.2) is 64.6 Å². The third kappa shape index (κ3) is 4.33. The third-order valence-electron chi connectivity index (χ3n) is 5.68. The van der Waals surface area contributed by atoms with Crippen LogP contribution in [0.25, 0.3) is 28.5 Å². The molecule has 5 rings (SSSR count). The second-order valence-corrected chi connectivity index (χ2v) is 10.3. The second-order valence-electron chi connectivity index (χ2n) is 7.83. The zero-order valence-electron chi connectivity index (χ0n) is 18.4. The van der Waals surface area contributed by atoms with Crippen molar-refractivity contribution in [3.63, 3.8) is 0 Å². The molecule has 0 amide bonds. The van der Waals surface area contributed by atoms with Crippen molar-refractivity contribution in [3.8, 4) is 28.4 Å². The first-order chi connectivity index (χ1) is 16.5. The van der Waals surface area contributed by atoms with E-state index in [4.69, 9.17) is 20.8 Å². The normalized spacial score (nSPS) is 16.1. The molecule has 1 aromatic carbocycles. The highest BCUT2D eigenvalue weighted by Crippen LogP contribution is 2.36. The van der Waals surface area contributed by atoms with Crippen LogP contribution in [0.4, 0.5) is 5.95 Å². The summed E-state index contributed by atoms with van der Waals surface area (Å²) in [7, 11) is -1.62. The van der Waals surface area contributed by atoms with Gasteiger partial charge in [0.05, 0.1) is 23.6 Å². The van der Waals surface area contributed by atoms with Gasteiger partial charge in [0.2, 0.25) is 16.0 Å². The number of ether oxygens (including phenoxy) is 1. The van der Waals surface area contributed by atoms with Crippen molar-refractivity contribution in [3.05, 3.63) is 47.9 Å². The molecule has 4 aromatic rings. The van der Waals surface area contributed by atoms with Crippen LogP contribution in [0.1, 0.15) is 12.8 Å². The van der Waals surface area contributed by atoms with Crippen LogP contribution in [0.2, 0.25) is 5.02 Å². The van der Waals surface area contributed by atoms with Gasteiger partial charge in [0, 0.05) is 37.6 Å². The first-order valence-corrected chi connectivity index (χ1v) is 12.8. The Balaban J connectivity index is 1.44. The van der Waals surface area contributed by atoms with E-state index in [0.29, 0.717) is 60.0 Å². The number of hydrogen-bond donors (Lipinski definition) is 1. The van der Waals surface area contributed by atoms with Gasteiger partial charge >= 0.3 is 5.84 Å². The van der Waals surface area contributed by atoms with Gasteiger partial charge in [0.15, 0.2) is 0 Å². The highest BCUT2D eigenvalue weighted by molar-refractivity contribution is 7.89. The summed E-state index contributed by atoms with van der Waals surface area (Å²) in [4.78, 5) is 13.6. The van der Waals surface area contributed by atoms with Gasteiger partial charge < -0.3 is 14.5 Å². The van der Waals surface area contributed by atoms with Crippen LogP contribution in [0, 0.1) is 0 Å². The molecule has 1 aliphatic rings. The van der Waals surface area contributed by atoms with E-state index >= 15 is 0 Å². The maximum Gasteiger partial charge on any atom is 0.306 e. The first-order valence-electron chi connectivity index (χ1n) is 10.8. The third-order valence-corrected chi connectivity index (χ3v) is 7.95. The molecule has 1 N–H and O–H groups in total. The largest absolute Gasteiger partial charge is 0.495 e. The number of rotatable bonds is 7. The van der Waals surface area contributed by atoms with Crippen LogP contribution in [0.15, 0.2) is 47.3 Å². The van der Waals surface area contributed by atoms with Crippen molar-refractivity contribution in [2.75, 3.05) is 37.8 Å². The number of benzene rings is 1. The number of methoxy groups -OCH3 is 1. The van der Waals surface area contributed by atoms with Crippen molar-refractivity contribution in [2.45, 2.75) is 12.8 Å². The van der Waals surface area contributed by atoms with E-state index in [1.54, 1.807) is 37.9 Å². The Morgan fingerprint density at radius 2 is 2.12 bits per heavy atom. The fourth-order valence-electron chi connectivity index (χ4n) is 4.00. The summed E-state index contributed by atoms with van der Waals surface area (Å²) in [6.07, 6.45) is 6.56. The smallest absolute Gasteiger partial charge is 0.306 e. The summed E-state index contributed by atoms with van der Waals surface area (Å²) >= 11 is 6.20. The molecule has 0 atom stereocenters. The van der Waals surface area contributed by atoms with E-state index in [2.05, 4.69) is 20.3 Å². The number of oxazole rings is 1. The number of aromatic nitrogens is 4. The van der Waals surface area contributed by atoms with Gasteiger partial charge in [0.1, 0.15) is 23.4 Å². The lowest BCUT2D eigenvalue weighted by Gasteiger charge is -2.26. The molecule has 3 aromatic heterocycles. The van der Waals surface area contributed by atoms with Crippen LogP contribution < -0.4 is 10.1 Å². The Morgan fingerprint density at radius 3 is 2.94 bits per heavy atom. The lowest BCUT2D eigenvalue weighted by Crippen LogP contribution is -2.40. The molecule has 10 nitrogen and oxygen atoms in total. The highest BCUT2D eigenvalue weighted by atomic mass is 35.5. The minimum atomic E-state index is -3.17. The van der Waals surface area contributed by atoms with Crippen molar-refractivity contribution in [1.29, 1.82) is 0 Å². The number of nitrogens with one attached hydrogen (secondary N) is 1. The van der Waals surface area contributed by atoms with Gasteiger partial charge in [-0.1, -0.05) is 17.7 Å². The quantitative estimate of drug-likeness (QED) is 0.408. The molecule has 0 spiro atoms. The van der Waals surface area contributed by atoms with Gasteiger partial charge in [-0.25, -0.2) is 22.7 Å². The fourth-order valence-corrected chi connectivity index (χ4v) is 5.80. The molecule has 0 saturated carbocycles. The Bertz CT molecular complexity index is 1430. The van der Waals surface area contributed by atoms with E-state index in [1.165, 1.54) is 4.31 Å². The molecule has 4 heterocycles. The predicted molar refractivity (Wildman–Crippen MR) is 129 cm³/mol. The average molecular weight is 503 g/mol. The summed E-state index contributed by atoms with van der Waals surface area (Å²) < 4.78 is 38.6. The Labute approximate surface area is 201 Å². The van der Waals surface area contributed by atoms with Gasteiger partial charge in [-0.05, 0) is 31.0 Å². The second kappa shape index (κ2) is 9.24. The van der Waals surface area contributed by atoms with Crippen LogP contribution >= 0.6 is 11.6 Å². The summed E-state index contributed by atoms with van der Waals surface area (Å²) in [5.41, 5.74) is 2.79. The van der Waals surface area contributed by atoms with Crippen LogP contribution in [0.3, 0.4) is 0 Å². The molecule has 12 heteroatoms. The summed E-state index contributed by atoms with van der Waals surface area (Å²) in [5, 5.41) is 3.64. The predicted octanol–water partition coefficient (Wildman–Crippen LogP) is 3.55. The van der Waals surface area contributed by atoms with E-state index < -0.39 is 10.0 Å². The maximum atomic E-state index is 12.2. The van der Waals surface area contributed by atoms with E-state index in [-0.39, 0.29) is 5.75 Å². The molecule has 0 bridgehead atoms. The van der Waals surface area contributed by atoms with Crippen molar-refractivity contribution in [2.24, 2.45) is 0 Å². The number of sulfonamides is 1. The zero-order valence-corrected chi connectivity index (χ0v) is 20.0. The van der Waals surface area contributed by atoms with E-state index in [1.807, 2.05) is 16.5 Å². The van der Waals surface area contributed by atoms with E-state index in [0.717, 1.165) is 17.7 Å². The summed E-state index contributed by atoms with van der Waals surface area (Å²) in [6.45, 7) is 1.31. The van der Waals surface area contributed by atoms with Crippen LogP contribution in [0.5, 0.6) is 5.75 Å². The molecule has 178 valence electrons. The molecule has 1 saturated heterocycles. The molecular formula is C22H23ClN6O4S. The van der Waals surface area contributed by atoms with Crippen molar-refractivity contribution in [1.82, 2.24) is 23.7 Å². The van der Waals surface area contributed by atoms with Crippen LogP contribution in [-0.2, 0) is 10.0 Å². The van der Waals surface area contributed by atoms with Gasteiger partial charge in [-0.15, -0.1) is 0 Å². The first kappa shape index (κ1) is 22.6. The van der Waals surface area contributed by atoms with Gasteiger partial charge in [0.25, 0.3) is 0 Å². The van der Waals surface area contributed by atoms with Crippen molar-refractivity contribution >= 4 is 33.4 Å².